The molecule has 0 aliphatic heterocycles. The highest BCUT2D eigenvalue weighted by atomic mass is 14.2. The van der Waals surface area contributed by atoms with Crippen LogP contribution in [0.5, 0.6) is 0 Å². The fourth-order valence-corrected chi connectivity index (χ4v) is 7.00. The first-order valence-electron chi connectivity index (χ1n) is 16.2. The van der Waals surface area contributed by atoms with Crippen LogP contribution >= 0.6 is 0 Å². The zero-order valence-electron chi connectivity index (χ0n) is 28.6. The van der Waals surface area contributed by atoms with Gasteiger partial charge in [-0.05, 0) is 153 Å². The van der Waals surface area contributed by atoms with Gasteiger partial charge in [0.1, 0.15) is 0 Å². The molecular weight excluding hydrogens is 553 g/mol. The molecule has 228 valence electrons. The first-order chi connectivity index (χ1) is 21.9. The van der Waals surface area contributed by atoms with Gasteiger partial charge in [0.25, 0.3) is 0 Å². The summed E-state index contributed by atoms with van der Waals surface area (Å²) in [6, 6.07) is 41.3. The second-order valence-electron chi connectivity index (χ2n) is 13.6. The van der Waals surface area contributed by atoms with E-state index >= 15 is 0 Å². The van der Waals surface area contributed by atoms with E-state index in [1.807, 2.05) is 0 Å². The van der Waals surface area contributed by atoms with Gasteiger partial charge in [0, 0.05) is 0 Å². The topological polar surface area (TPSA) is 0 Å². The molecule has 6 rings (SSSR count). The van der Waals surface area contributed by atoms with Crippen molar-refractivity contribution in [3.05, 3.63) is 171 Å². The molecule has 0 amide bonds. The van der Waals surface area contributed by atoms with E-state index < -0.39 is 0 Å². The van der Waals surface area contributed by atoms with Crippen molar-refractivity contribution in [2.24, 2.45) is 0 Å². The SMILES string of the molecule is C=C(c1cc(-c2cc(C)cc(C)c2)cc(-c2cc(C)cc(C)c2)c1)c1cc(-c2cc(C)cc(C)c2)cc(-c2cc(C)cc(C)c2)c1. The minimum absolute atomic E-state index is 1.02. The number of hydrogen-bond acceptors (Lipinski definition) is 0. The molecule has 0 N–H and O–H groups in total. The molecule has 0 saturated heterocycles. The fraction of sp³-hybridized carbons (Fsp3) is 0.174. The molecule has 0 spiro atoms. The minimum atomic E-state index is 1.02. The Bertz CT molecular complexity index is 1760. The fourth-order valence-electron chi connectivity index (χ4n) is 7.00. The van der Waals surface area contributed by atoms with Gasteiger partial charge in [-0.3, -0.25) is 0 Å². The smallest absolute Gasteiger partial charge is 0.0171 e. The normalized spacial score (nSPS) is 11.1. The van der Waals surface area contributed by atoms with E-state index in [0.29, 0.717) is 0 Å². The highest BCUT2D eigenvalue weighted by Crippen LogP contribution is 2.37. The molecule has 6 aromatic carbocycles. The molecule has 0 unspecified atom stereocenters. The summed E-state index contributed by atoms with van der Waals surface area (Å²) in [5, 5.41) is 0. The van der Waals surface area contributed by atoms with E-state index in [9.17, 15) is 0 Å². The van der Waals surface area contributed by atoms with Gasteiger partial charge in [-0.25, -0.2) is 0 Å². The predicted octanol–water partition coefficient (Wildman–Crippen LogP) is 12.9. The quantitative estimate of drug-likeness (QED) is 0.179. The average molecular weight is 597 g/mol. The summed E-state index contributed by atoms with van der Waals surface area (Å²) in [6.07, 6.45) is 0. The summed E-state index contributed by atoms with van der Waals surface area (Å²) in [7, 11) is 0. The lowest BCUT2D eigenvalue weighted by Crippen LogP contribution is -1.94. The van der Waals surface area contributed by atoms with E-state index in [-0.39, 0.29) is 0 Å². The average Bonchev–Trinajstić information content (AvgIpc) is 2.98. The van der Waals surface area contributed by atoms with Crippen LogP contribution in [0.4, 0.5) is 0 Å². The Morgan fingerprint density at radius 1 is 0.261 bits per heavy atom. The van der Waals surface area contributed by atoms with E-state index in [1.54, 1.807) is 0 Å². The Hall–Kier alpha value is -4.94. The summed E-state index contributed by atoms with van der Waals surface area (Å²) in [4.78, 5) is 0. The van der Waals surface area contributed by atoms with Crippen molar-refractivity contribution in [3.63, 3.8) is 0 Å². The second-order valence-corrected chi connectivity index (χ2v) is 13.6. The van der Waals surface area contributed by atoms with Crippen molar-refractivity contribution in [2.75, 3.05) is 0 Å². The van der Waals surface area contributed by atoms with Crippen LogP contribution in [0.25, 0.3) is 50.1 Å². The minimum Gasteiger partial charge on any atom is -0.0906 e. The lowest BCUT2D eigenvalue weighted by Gasteiger charge is -2.17. The van der Waals surface area contributed by atoms with Crippen LogP contribution in [0, 0.1) is 55.4 Å². The summed E-state index contributed by atoms with van der Waals surface area (Å²) >= 11 is 0. The van der Waals surface area contributed by atoms with Gasteiger partial charge in [-0.2, -0.15) is 0 Å². The Morgan fingerprint density at radius 3 is 0.630 bits per heavy atom. The first kappa shape index (κ1) is 31.1. The maximum atomic E-state index is 4.77. The molecule has 0 radical (unpaired) electrons. The summed E-state index contributed by atoms with van der Waals surface area (Å²) < 4.78 is 0. The Balaban J connectivity index is 1.57. The lowest BCUT2D eigenvalue weighted by atomic mass is 9.87. The molecular formula is C46H44. The van der Waals surface area contributed by atoms with E-state index in [0.717, 1.165) is 16.7 Å². The summed E-state index contributed by atoms with van der Waals surface area (Å²) in [5.74, 6) is 0. The molecule has 0 fully saturated rings. The molecule has 0 nitrogen and oxygen atoms in total. The van der Waals surface area contributed by atoms with Gasteiger partial charge >= 0.3 is 0 Å². The van der Waals surface area contributed by atoms with Crippen molar-refractivity contribution in [1.82, 2.24) is 0 Å². The lowest BCUT2D eigenvalue weighted by molar-refractivity contribution is 1.37. The van der Waals surface area contributed by atoms with E-state index in [1.165, 1.54) is 89.0 Å². The number of benzene rings is 6. The molecule has 0 aliphatic rings. The summed E-state index contributed by atoms with van der Waals surface area (Å²) in [6.45, 7) is 22.2. The summed E-state index contributed by atoms with van der Waals surface area (Å²) in [5.41, 5.74) is 23.2. The Labute approximate surface area is 276 Å². The van der Waals surface area contributed by atoms with Crippen LogP contribution in [0.15, 0.2) is 116 Å². The van der Waals surface area contributed by atoms with Gasteiger partial charge < -0.3 is 0 Å². The van der Waals surface area contributed by atoms with Gasteiger partial charge in [0.15, 0.2) is 0 Å². The number of hydrogen-bond donors (Lipinski definition) is 0. The molecule has 0 saturated carbocycles. The predicted molar refractivity (Wildman–Crippen MR) is 201 cm³/mol. The highest BCUT2D eigenvalue weighted by Gasteiger charge is 2.14. The molecule has 6 aromatic rings. The van der Waals surface area contributed by atoms with Crippen molar-refractivity contribution < 1.29 is 0 Å². The third-order valence-electron chi connectivity index (χ3n) is 8.78. The first-order valence-corrected chi connectivity index (χ1v) is 16.2. The van der Waals surface area contributed by atoms with Gasteiger partial charge in [0.2, 0.25) is 0 Å². The number of aryl methyl sites for hydroxylation is 8. The van der Waals surface area contributed by atoms with Crippen LogP contribution in [0.2, 0.25) is 0 Å². The molecule has 0 heterocycles. The third-order valence-corrected chi connectivity index (χ3v) is 8.78. The monoisotopic (exact) mass is 596 g/mol. The zero-order chi connectivity index (χ0) is 32.7. The molecule has 0 bridgehead atoms. The molecule has 0 atom stereocenters. The van der Waals surface area contributed by atoms with Crippen molar-refractivity contribution in [3.8, 4) is 44.5 Å². The van der Waals surface area contributed by atoms with Crippen LogP contribution in [0.1, 0.15) is 55.6 Å². The Morgan fingerprint density at radius 2 is 0.435 bits per heavy atom. The van der Waals surface area contributed by atoms with Crippen LogP contribution in [-0.2, 0) is 0 Å². The van der Waals surface area contributed by atoms with Crippen LogP contribution < -0.4 is 0 Å². The molecule has 46 heavy (non-hydrogen) atoms. The van der Waals surface area contributed by atoms with Crippen LogP contribution in [-0.4, -0.2) is 0 Å². The van der Waals surface area contributed by atoms with Crippen molar-refractivity contribution in [1.29, 1.82) is 0 Å². The van der Waals surface area contributed by atoms with Crippen molar-refractivity contribution >= 4 is 5.57 Å². The van der Waals surface area contributed by atoms with E-state index in [2.05, 4.69) is 165 Å². The maximum absolute atomic E-state index is 4.77. The van der Waals surface area contributed by atoms with Gasteiger partial charge in [-0.1, -0.05) is 124 Å². The van der Waals surface area contributed by atoms with Gasteiger partial charge in [-0.15, -0.1) is 0 Å². The number of rotatable bonds is 6. The van der Waals surface area contributed by atoms with E-state index in [4.69, 9.17) is 6.58 Å². The largest absolute Gasteiger partial charge is 0.0906 e. The highest BCUT2D eigenvalue weighted by molar-refractivity contribution is 5.89. The van der Waals surface area contributed by atoms with Crippen molar-refractivity contribution in [2.45, 2.75) is 55.4 Å². The maximum Gasteiger partial charge on any atom is -0.0171 e. The Kier molecular flexibility index (Phi) is 8.41. The third kappa shape index (κ3) is 6.82. The molecule has 0 aromatic heterocycles. The molecule has 0 aliphatic carbocycles. The zero-order valence-corrected chi connectivity index (χ0v) is 28.6. The van der Waals surface area contributed by atoms with Crippen LogP contribution in [0.3, 0.4) is 0 Å². The standard InChI is InChI=1S/C46H44/c1-28-10-29(2)15-39(14-28)43-22-37(23-44(26-43)40-16-30(3)11-31(4)17-40)36(9)38-24-45(41-18-32(5)12-33(6)19-41)27-46(25-38)42-20-34(7)13-35(8)21-42/h10-27H,9H2,1-8H3. The molecule has 0 heteroatoms. The van der Waals surface area contributed by atoms with Gasteiger partial charge in [0.05, 0.1) is 0 Å². The second kappa shape index (κ2) is 12.5.